The van der Waals surface area contributed by atoms with Crippen LogP contribution >= 0.6 is 0 Å². The molecule has 0 aliphatic carbocycles. The molecule has 0 aliphatic rings. The van der Waals surface area contributed by atoms with E-state index in [1.165, 1.54) is 26.4 Å². The summed E-state index contributed by atoms with van der Waals surface area (Å²) in [5.74, 6) is 0.0387. The summed E-state index contributed by atoms with van der Waals surface area (Å²) in [6.07, 6.45) is 0. The Kier molecular flexibility index (Phi) is 2.85. The van der Waals surface area contributed by atoms with Gasteiger partial charge >= 0.3 is 0 Å². The van der Waals surface area contributed by atoms with Crippen LogP contribution in [0.4, 0.5) is 4.39 Å². The molecule has 0 unspecified atom stereocenters. The van der Waals surface area contributed by atoms with Crippen molar-refractivity contribution < 1.29 is 20.7 Å². The topological polar surface area (TPSA) is 18.5 Å². The highest BCUT2D eigenvalue weighted by molar-refractivity contribution is 5.81. The average Bonchev–Trinajstić information content (AvgIpc) is 2.71. The van der Waals surface area contributed by atoms with Crippen molar-refractivity contribution in [1.82, 2.24) is 0 Å². The number of halogens is 1. The van der Waals surface area contributed by atoms with Gasteiger partial charge in [0.2, 0.25) is 0 Å². The maximum absolute atomic E-state index is 15.6. The lowest BCUT2D eigenvalue weighted by Gasteiger charge is -2.15. The largest absolute Gasteiger partial charge is 0.496 e. The van der Waals surface area contributed by atoms with Gasteiger partial charge in [-0.05, 0) is 17.7 Å². The van der Waals surface area contributed by atoms with Gasteiger partial charge in [-0.2, -0.15) is 0 Å². The quantitative estimate of drug-likeness (QED) is 0.661. The SMILES string of the molecule is [2H]c1c([2H])c([2H])c(-c2cccc(-c3c(OC)cccc3OC)c2F)c([2H])c1[2H]. The van der Waals surface area contributed by atoms with Gasteiger partial charge in [-0.1, -0.05) is 54.5 Å². The summed E-state index contributed by atoms with van der Waals surface area (Å²) in [6.45, 7) is 0. The second-order valence-electron chi connectivity index (χ2n) is 4.70. The lowest BCUT2D eigenvalue weighted by molar-refractivity contribution is 0.397. The van der Waals surface area contributed by atoms with Gasteiger partial charge in [0.1, 0.15) is 17.3 Å². The number of hydrogen-bond acceptors (Lipinski definition) is 2. The fourth-order valence-electron chi connectivity index (χ4n) is 2.42. The van der Waals surface area contributed by atoms with Crippen molar-refractivity contribution >= 4 is 0 Å². The molecule has 0 saturated carbocycles. The first kappa shape index (κ1) is 10.1. The average molecular weight is 313 g/mol. The van der Waals surface area contributed by atoms with E-state index in [4.69, 9.17) is 16.3 Å². The van der Waals surface area contributed by atoms with Gasteiger partial charge in [0.05, 0.1) is 26.6 Å². The van der Waals surface area contributed by atoms with Crippen LogP contribution in [0.15, 0.2) is 66.6 Å². The van der Waals surface area contributed by atoms with E-state index in [1.807, 2.05) is 0 Å². The predicted octanol–water partition coefficient (Wildman–Crippen LogP) is 5.18. The molecule has 0 aromatic heterocycles. The van der Waals surface area contributed by atoms with Crippen LogP contribution in [0.25, 0.3) is 22.3 Å². The van der Waals surface area contributed by atoms with Crippen LogP contribution in [0, 0.1) is 5.82 Å². The Hall–Kier alpha value is -2.81. The Labute approximate surface area is 142 Å². The van der Waals surface area contributed by atoms with E-state index >= 15 is 4.39 Å². The molecular formula is C20H17FO2. The van der Waals surface area contributed by atoms with E-state index in [2.05, 4.69) is 0 Å². The molecule has 0 radical (unpaired) electrons. The highest BCUT2D eigenvalue weighted by Gasteiger charge is 2.18. The zero-order chi connectivity index (χ0) is 20.6. The third-order valence-corrected chi connectivity index (χ3v) is 3.47. The van der Waals surface area contributed by atoms with Gasteiger partial charge in [0.15, 0.2) is 0 Å². The summed E-state index contributed by atoms with van der Waals surface area (Å²) in [7, 11) is 2.91. The van der Waals surface area contributed by atoms with E-state index in [9.17, 15) is 0 Å². The Morgan fingerprint density at radius 3 is 2.00 bits per heavy atom. The van der Waals surface area contributed by atoms with Crippen molar-refractivity contribution in [2.45, 2.75) is 0 Å². The summed E-state index contributed by atoms with van der Waals surface area (Å²) in [6, 6.07) is 7.00. The molecule has 0 saturated heterocycles. The number of hydrogen-bond donors (Lipinski definition) is 0. The molecule has 2 nitrogen and oxygen atoms in total. The van der Waals surface area contributed by atoms with E-state index in [-0.39, 0.29) is 16.7 Å². The molecule has 0 aliphatic heterocycles. The normalized spacial score (nSPS) is 13.4. The molecule has 3 aromatic carbocycles. The number of ether oxygens (including phenoxy) is 2. The first-order valence-electron chi connectivity index (χ1n) is 9.40. The molecule has 3 heteroatoms. The summed E-state index contributed by atoms with van der Waals surface area (Å²) in [5, 5.41) is 0. The molecule has 3 rings (SSSR count). The molecule has 0 bridgehead atoms. The van der Waals surface area contributed by atoms with Crippen LogP contribution in [0.2, 0.25) is 0 Å². The third-order valence-electron chi connectivity index (χ3n) is 3.47. The molecule has 0 heterocycles. The van der Waals surface area contributed by atoms with E-state index in [0.717, 1.165) is 0 Å². The second-order valence-corrected chi connectivity index (χ2v) is 4.70. The molecule has 0 spiro atoms. The predicted molar refractivity (Wildman–Crippen MR) is 90.4 cm³/mol. The highest BCUT2D eigenvalue weighted by Crippen LogP contribution is 2.41. The molecular weight excluding hydrogens is 291 g/mol. The van der Waals surface area contributed by atoms with E-state index in [1.54, 1.807) is 24.3 Å². The summed E-state index contributed by atoms with van der Waals surface area (Å²) < 4.78 is 65.8. The van der Waals surface area contributed by atoms with Gasteiger partial charge in [0.25, 0.3) is 0 Å². The minimum atomic E-state index is -0.733. The summed E-state index contributed by atoms with van der Waals surface area (Å²) in [5.41, 5.74) is 0.222. The van der Waals surface area contributed by atoms with Crippen LogP contribution < -0.4 is 9.47 Å². The smallest absolute Gasteiger partial charge is 0.139 e. The molecule has 0 N–H and O–H groups in total. The minimum Gasteiger partial charge on any atom is -0.496 e. The Bertz CT molecular complexity index is 1020. The van der Waals surface area contributed by atoms with Crippen molar-refractivity contribution in [2.75, 3.05) is 14.2 Å². The second kappa shape index (κ2) is 6.53. The Morgan fingerprint density at radius 2 is 1.39 bits per heavy atom. The number of methoxy groups -OCH3 is 2. The zero-order valence-electron chi connectivity index (χ0n) is 17.7. The van der Waals surface area contributed by atoms with Crippen molar-refractivity contribution in [3.05, 3.63) is 72.4 Å². The van der Waals surface area contributed by atoms with Crippen LogP contribution in [-0.2, 0) is 0 Å². The van der Waals surface area contributed by atoms with Gasteiger partial charge in [-0.3, -0.25) is 0 Å². The van der Waals surface area contributed by atoms with Crippen molar-refractivity contribution in [2.24, 2.45) is 0 Å². The molecule has 0 fully saturated rings. The minimum absolute atomic E-state index is 0.0949. The summed E-state index contributed by atoms with van der Waals surface area (Å²) in [4.78, 5) is 0. The maximum atomic E-state index is 15.6. The van der Waals surface area contributed by atoms with Crippen molar-refractivity contribution in [1.29, 1.82) is 0 Å². The molecule has 3 aromatic rings. The number of rotatable bonds is 4. The monoisotopic (exact) mass is 313 g/mol. The standard InChI is InChI=1S/C20H17FO2/c1-22-17-12-7-13-18(23-2)19(17)16-11-6-10-15(20(16)21)14-8-4-3-5-9-14/h3-13H,1-2H3/i3D,4D,5D,8D,9D. The Balaban J connectivity index is 2.35. The summed E-state index contributed by atoms with van der Waals surface area (Å²) >= 11 is 0. The van der Waals surface area contributed by atoms with Crippen molar-refractivity contribution in [3.8, 4) is 33.8 Å². The van der Waals surface area contributed by atoms with E-state index in [0.29, 0.717) is 17.1 Å². The van der Waals surface area contributed by atoms with Gasteiger partial charge < -0.3 is 9.47 Å². The van der Waals surface area contributed by atoms with Crippen LogP contribution in [0.1, 0.15) is 6.85 Å². The molecule has 116 valence electrons. The first-order chi connectivity index (χ1) is 13.3. The molecule has 0 amide bonds. The fourth-order valence-corrected chi connectivity index (χ4v) is 2.42. The first-order valence-corrected chi connectivity index (χ1v) is 6.90. The van der Waals surface area contributed by atoms with E-state index < -0.39 is 36.0 Å². The van der Waals surface area contributed by atoms with Gasteiger partial charge in [-0.25, -0.2) is 4.39 Å². The lowest BCUT2D eigenvalue weighted by Crippen LogP contribution is -1.96. The van der Waals surface area contributed by atoms with Crippen molar-refractivity contribution in [3.63, 3.8) is 0 Å². The van der Waals surface area contributed by atoms with Crippen LogP contribution in [0.3, 0.4) is 0 Å². The molecule has 23 heavy (non-hydrogen) atoms. The molecule has 0 atom stereocenters. The number of benzene rings is 3. The highest BCUT2D eigenvalue weighted by atomic mass is 19.1. The third kappa shape index (κ3) is 2.78. The lowest BCUT2D eigenvalue weighted by atomic mass is 9.97. The van der Waals surface area contributed by atoms with Gasteiger partial charge in [0, 0.05) is 11.1 Å². The van der Waals surface area contributed by atoms with Crippen LogP contribution in [0.5, 0.6) is 11.5 Å². The zero-order valence-corrected chi connectivity index (χ0v) is 12.7. The van der Waals surface area contributed by atoms with Gasteiger partial charge in [-0.15, -0.1) is 0 Å². The Morgan fingerprint density at radius 1 is 0.826 bits per heavy atom. The maximum Gasteiger partial charge on any atom is 0.139 e. The fraction of sp³-hybridized carbons (Fsp3) is 0.100. The van der Waals surface area contributed by atoms with Crippen LogP contribution in [-0.4, -0.2) is 14.2 Å².